The Kier molecular flexibility index (Phi) is 5.63. The third-order valence-corrected chi connectivity index (χ3v) is 5.59. The lowest BCUT2D eigenvalue weighted by molar-refractivity contribution is -0.127. The van der Waals surface area contributed by atoms with Gasteiger partial charge in [-0.15, -0.1) is 10.2 Å². The molecule has 0 saturated heterocycles. The van der Waals surface area contributed by atoms with Crippen LogP contribution in [0.3, 0.4) is 0 Å². The summed E-state index contributed by atoms with van der Waals surface area (Å²) in [7, 11) is 0. The molecule has 1 aromatic heterocycles. The Morgan fingerprint density at radius 2 is 2.09 bits per heavy atom. The Morgan fingerprint density at radius 1 is 1.25 bits per heavy atom. The van der Waals surface area contributed by atoms with Crippen LogP contribution in [0.5, 0.6) is 5.75 Å². The second kappa shape index (κ2) is 8.72. The summed E-state index contributed by atoms with van der Waals surface area (Å²) in [6.07, 6.45) is 4.78. The number of benzene rings is 2. The van der Waals surface area contributed by atoms with Crippen LogP contribution in [0.2, 0.25) is 5.02 Å². The molecule has 7 nitrogen and oxygen atoms in total. The molecule has 1 saturated carbocycles. The number of hydrogen-bond donors (Lipinski definition) is 0. The minimum atomic E-state index is -0.415. The summed E-state index contributed by atoms with van der Waals surface area (Å²) >= 11 is 6.20. The maximum atomic E-state index is 14.0. The van der Waals surface area contributed by atoms with Crippen molar-refractivity contribution in [2.75, 3.05) is 6.79 Å². The molecule has 0 unspecified atom stereocenters. The van der Waals surface area contributed by atoms with Gasteiger partial charge >= 0.3 is 0 Å². The van der Waals surface area contributed by atoms with Crippen molar-refractivity contribution in [3.05, 3.63) is 70.3 Å². The van der Waals surface area contributed by atoms with E-state index in [2.05, 4.69) is 10.2 Å². The molecule has 3 aromatic rings. The van der Waals surface area contributed by atoms with E-state index in [0.29, 0.717) is 39.2 Å². The molecule has 164 valence electrons. The Morgan fingerprint density at radius 3 is 2.91 bits per heavy atom. The van der Waals surface area contributed by atoms with Gasteiger partial charge in [-0.1, -0.05) is 23.7 Å². The lowest BCUT2D eigenvalue weighted by Crippen LogP contribution is -2.31. The fourth-order valence-electron chi connectivity index (χ4n) is 3.57. The van der Waals surface area contributed by atoms with Gasteiger partial charge in [0, 0.05) is 23.2 Å². The zero-order valence-electron chi connectivity index (χ0n) is 17.0. The minimum Gasteiger partial charge on any atom is -0.467 e. The van der Waals surface area contributed by atoms with Gasteiger partial charge in [0.15, 0.2) is 6.79 Å². The maximum Gasteiger partial charge on any atom is 0.249 e. The van der Waals surface area contributed by atoms with Crippen molar-refractivity contribution < 1.29 is 23.1 Å². The first-order valence-corrected chi connectivity index (χ1v) is 10.6. The van der Waals surface area contributed by atoms with Crippen LogP contribution in [-0.2, 0) is 22.7 Å². The molecule has 1 amide bonds. The van der Waals surface area contributed by atoms with E-state index in [4.69, 9.17) is 25.5 Å². The molecular weight excluding hydrogens is 437 g/mol. The van der Waals surface area contributed by atoms with Crippen LogP contribution in [0.25, 0.3) is 17.5 Å². The molecule has 0 bridgehead atoms. The van der Waals surface area contributed by atoms with Gasteiger partial charge in [0.2, 0.25) is 17.7 Å². The molecule has 1 aliphatic carbocycles. The number of hydrogen-bond acceptors (Lipinski definition) is 6. The van der Waals surface area contributed by atoms with E-state index in [1.165, 1.54) is 18.2 Å². The van der Waals surface area contributed by atoms with E-state index in [-0.39, 0.29) is 31.9 Å². The van der Waals surface area contributed by atoms with Crippen LogP contribution in [0, 0.1) is 5.82 Å². The van der Waals surface area contributed by atoms with Crippen molar-refractivity contribution in [1.29, 1.82) is 0 Å². The molecule has 2 aliphatic rings. The van der Waals surface area contributed by atoms with Crippen LogP contribution in [-0.4, -0.2) is 33.8 Å². The molecule has 9 heteroatoms. The molecule has 1 aliphatic heterocycles. The molecule has 0 radical (unpaired) electrons. The predicted octanol–water partition coefficient (Wildman–Crippen LogP) is 4.60. The normalized spacial score (nSPS) is 15.4. The lowest BCUT2D eigenvalue weighted by Gasteiger charge is -2.20. The van der Waals surface area contributed by atoms with Gasteiger partial charge in [-0.05, 0) is 43.2 Å². The highest BCUT2D eigenvalue weighted by Crippen LogP contribution is 2.32. The van der Waals surface area contributed by atoms with Crippen LogP contribution in [0.1, 0.15) is 29.9 Å². The second-order valence-electron chi connectivity index (χ2n) is 7.61. The number of amides is 1. The number of fused-ring (bicyclic) bond motifs is 1. The van der Waals surface area contributed by atoms with E-state index in [1.54, 1.807) is 23.1 Å². The van der Waals surface area contributed by atoms with E-state index in [9.17, 15) is 9.18 Å². The quantitative estimate of drug-likeness (QED) is 0.505. The van der Waals surface area contributed by atoms with E-state index >= 15 is 0 Å². The fourth-order valence-corrected chi connectivity index (χ4v) is 3.79. The Balaban J connectivity index is 1.34. The summed E-state index contributed by atoms with van der Waals surface area (Å²) in [4.78, 5) is 14.6. The SMILES string of the molecule is O=C(C=Cc1cc(F)cc2c1OCOC2)N(Cc1nnc(-c2ccccc2Cl)o1)C1CC1. The van der Waals surface area contributed by atoms with Gasteiger partial charge in [0.05, 0.1) is 23.7 Å². The highest BCUT2D eigenvalue weighted by Gasteiger charge is 2.33. The number of carbonyl (C=O) groups is 1. The highest BCUT2D eigenvalue weighted by atomic mass is 35.5. The molecule has 1 fully saturated rings. The summed E-state index contributed by atoms with van der Waals surface area (Å²) in [5, 5.41) is 8.65. The zero-order valence-corrected chi connectivity index (χ0v) is 17.7. The highest BCUT2D eigenvalue weighted by molar-refractivity contribution is 6.33. The number of rotatable bonds is 6. The summed E-state index contributed by atoms with van der Waals surface area (Å²) in [6, 6.07) is 9.99. The molecule has 0 N–H and O–H groups in total. The average Bonchev–Trinajstić information content (AvgIpc) is 3.53. The van der Waals surface area contributed by atoms with Gasteiger partial charge in [0.25, 0.3) is 0 Å². The molecule has 0 atom stereocenters. The van der Waals surface area contributed by atoms with Gasteiger partial charge in [0.1, 0.15) is 11.6 Å². The Labute approximate surface area is 188 Å². The molecule has 2 aromatic carbocycles. The second-order valence-corrected chi connectivity index (χ2v) is 8.01. The van der Waals surface area contributed by atoms with Crippen molar-refractivity contribution in [1.82, 2.24) is 15.1 Å². The first kappa shape index (κ1) is 20.7. The van der Waals surface area contributed by atoms with Crippen LogP contribution < -0.4 is 4.74 Å². The molecule has 5 rings (SSSR count). The summed E-state index contributed by atoms with van der Waals surface area (Å²) in [6.45, 7) is 0.532. The third kappa shape index (κ3) is 4.37. The van der Waals surface area contributed by atoms with Crippen LogP contribution in [0.15, 0.2) is 46.9 Å². The van der Waals surface area contributed by atoms with Crippen molar-refractivity contribution in [2.24, 2.45) is 0 Å². The molecular formula is C23H19ClFN3O4. The zero-order chi connectivity index (χ0) is 22.1. The monoisotopic (exact) mass is 455 g/mol. The van der Waals surface area contributed by atoms with Crippen molar-refractivity contribution in [2.45, 2.75) is 32.0 Å². The average molecular weight is 456 g/mol. The lowest BCUT2D eigenvalue weighted by atomic mass is 10.1. The summed E-state index contributed by atoms with van der Waals surface area (Å²) in [5.41, 5.74) is 1.74. The van der Waals surface area contributed by atoms with Crippen LogP contribution in [0.4, 0.5) is 4.39 Å². The fraction of sp³-hybridized carbons (Fsp3) is 0.261. The number of ether oxygens (including phenoxy) is 2. The standard InChI is InChI=1S/C23H19ClFN3O4/c24-19-4-2-1-3-18(19)23-27-26-20(32-23)11-28(17-6-7-17)21(29)8-5-14-9-16(25)10-15-12-30-13-31-22(14)15/h1-5,8-10,17H,6-7,11-13H2. The van der Waals surface area contributed by atoms with Gasteiger partial charge in [-0.2, -0.15) is 0 Å². The maximum absolute atomic E-state index is 14.0. The largest absolute Gasteiger partial charge is 0.467 e. The molecule has 32 heavy (non-hydrogen) atoms. The third-order valence-electron chi connectivity index (χ3n) is 5.26. The van der Waals surface area contributed by atoms with Crippen LogP contribution >= 0.6 is 11.6 Å². The van der Waals surface area contributed by atoms with Gasteiger partial charge < -0.3 is 18.8 Å². The van der Waals surface area contributed by atoms with E-state index in [1.807, 2.05) is 12.1 Å². The molecule has 0 spiro atoms. The van der Waals surface area contributed by atoms with Gasteiger partial charge in [-0.25, -0.2) is 4.39 Å². The Hall–Kier alpha value is -3.23. The van der Waals surface area contributed by atoms with Crippen molar-refractivity contribution >= 4 is 23.6 Å². The summed E-state index contributed by atoms with van der Waals surface area (Å²) < 4.78 is 30.4. The molecule has 2 heterocycles. The number of nitrogens with zero attached hydrogens (tertiary/aromatic N) is 3. The predicted molar refractivity (Wildman–Crippen MR) is 114 cm³/mol. The van der Waals surface area contributed by atoms with Gasteiger partial charge in [-0.3, -0.25) is 4.79 Å². The summed E-state index contributed by atoms with van der Waals surface area (Å²) in [5.74, 6) is 0.505. The smallest absolute Gasteiger partial charge is 0.249 e. The number of carbonyl (C=O) groups excluding carboxylic acids is 1. The minimum absolute atomic E-state index is 0.0898. The van der Waals surface area contributed by atoms with Crippen molar-refractivity contribution in [3.63, 3.8) is 0 Å². The first-order chi connectivity index (χ1) is 15.6. The van der Waals surface area contributed by atoms with E-state index < -0.39 is 5.82 Å². The Bertz CT molecular complexity index is 1190. The number of aromatic nitrogens is 2. The topological polar surface area (TPSA) is 77.7 Å². The van der Waals surface area contributed by atoms with Crippen molar-refractivity contribution in [3.8, 4) is 17.2 Å². The van der Waals surface area contributed by atoms with E-state index in [0.717, 1.165) is 12.8 Å². The number of halogens is 2. The first-order valence-electron chi connectivity index (χ1n) is 10.2.